The van der Waals surface area contributed by atoms with Gasteiger partial charge in [0.05, 0.1) is 4.88 Å². The number of ketones is 1. The van der Waals surface area contributed by atoms with Gasteiger partial charge in [-0.25, -0.2) is 0 Å². The lowest BCUT2D eigenvalue weighted by molar-refractivity contribution is -0.130. The fraction of sp³-hybridized carbons (Fsp3) is 0.478. The number of hydrogen-bond acceptors (Lipinski definition) is 4. The summed E-state index contributed by atoms with van der Waals surface area (Å²) in [5, 5.41) is 2.10. The van der Waals surface area contributed by atoms with Crippen LogP contribution in [0.4, 0.5) is 0 Å². The van der Waals surface area contributed by atoms with Gasteiger partial charge in [0, 0.05) is 26.6 Å². The van der Waals surface area contributed by atoms with Crippen LogP contribution in [0, 0.1) is 5.92 Å². The number of thiophene rings is 1. The summed E-state index contributed by atoms with van der Waals surface area (Å²) in [7, 11) is 1.90. The van der Waals surface area contributed by atoms with Gasteiger partial charge in [-0.3, -0.25) is 14.5 Å². The normalized spacial score (nSPS) is 15.5. The monoisotopic (exact) mass is 398 g/mol. The molecule has 1 saturated heterocycles. The summed E-state index contributed by atoms with van der Waals surface area (Å²) in [4.78, 5) is 29.0. The SMILES string of the molecule is CC(=O)c1cc(CN2CCC(CCC(=O)N(C)Cc3ccccc3)CC2)cs1. The molecule has 1 aromatic carbocycles. The number of amides is 1. The van der Waals surface area contributed by atoms with Crippen molar-refractivity contribution in [3.63, 3.8) is 0 Å². The number of Topliss-reactive ketones (excluding diaryl/α,β-unsaturated/α-hetero) is 1. The number of carbonyl (C=O) groups excluding carboxylic acids is 2. The van der Waals surface area contributed by atoms with Crippen molar-refractivity contribution in [2.24, 2.45) is 5.92 Å². The third kappa shape index (κ3) is 6.01. The molecule has 1 aliphatic rings. The van der Waals surface area contributed by atoms with Crippen LogP contribution in [-0.2, 0) is 17.9 Å². The second-order valence-corrected chi connectivity index (χ2v) is 8.78. The maximum absolute atomic E-state index is 12.4. The molecule has 5 heteroatoms. The van der Waals surface area contributed by atoms with E-state index in [0.29, 0.717) is 18.9 Å². The van der Waals surface area contributed by atoms with Crippen LogP contribution in [0.3, 0.4) is 0 Å². The molecule has 0 saturated carbocycles. The quantitative estimate of drug-likeness (QED) is 0.610. The third-order valence-corrected chi connectivity index (χ3v) is 6.65. The molecule has 0 aliphatic carbocycles. The van der Waals surface area contributed by atoms with Crippen molar-refractivity contribution < 1.29 is 9.59 Å². The van der Waals surface area contributed by atoms with E-state index < -0.39 is 0 Å². The standard InChI is InChI=1S/C23H30N2O2S/c1-18(26)22-14-21(17-28-22)16-25-12-10-19(11-13-25)8-9-23(27)24(2)15-20-6-4-3-5-7-20/h3-7,14,17,19H,8-13,15-16H2,1-2H3. The van der Waals surface area contributed by atoms with Crippen molar-refractivity contribution in [3.8, 4) is 0 Å². The highest BCUT2D eigenvalue weighted by Crippen LogP contribution is 2.25. The fourth-order valence-corrected chi connectivity index (χ4v) is 4.60. The van der Waals surface area contributed by atoms with E-state index >= 15 is 0 Å². The lowest BCUT2D eigenvalue weighted by Gasteiger charge is -2.32. The van der Waals surface area contributed by atoms with E-state index in [0.717, 1.165) is 43.8 Å². The third-order valence-electron chi connectivity index (χ3n) is 5.57. The molecule has 2 aromatic rings. The zero-order chi connectivity index (χ0) is 19.9. The van der Waals surface area contributed by atoms with Gasteiger partial charge in [0.25, 0.3) is 0 Å². The summed E-state index contributed by atoms with van der Waals surface area (Å²) in [6.45, 7) is 5.38. The molecule has 2 heterocycles. The summed E-state index contributed by atoms with van der Waals surface area (Å²) in [6.07, 6.45) is 3.93. The van der Waals surface area contributed by atoms with Crippen molar-refractivity contribution >= 4 is 23.0 Å². The zero-order valence-electron chi connectivity index (χ0n) is 16.9. The number of carbonyl (C=O) groups is 2. The first-order valence-corrected chi connectivity index (χ1v) is 11.0. The van der Waals surface area contributed by atoms with E-state index in [2.05, 4.69) is 22.4 Å². The largest absolute Gasteiger partial charge is 0.341 e. The predicted molar refractivity (Wildman–Crippen MR) is 114 cm³/mol. The maximum atomic E-state index is 12.4. The summed E-state index contributed by atoms with van der Waals surface area (Å²) >= 11 is 1.54. The van der Waals surface area contributed by atoms with Gasteiger partial charge < -0.3 is 4.90 Å². The van der Waals surface area contributed by atoms with Gasteiger partial charge in [0.15, 0.2) is 5.78 Å². The Balaban J connectivity index is 1.36. The van der Waals surface area contributed by atoms with E-state index in [1.54, 1.807) is 18.3 Å². The Labute approximate surface area is 172 Å². The highest BCUT2D eigenvalue weighted by molar-refractivity contribution is 7.12. The molecule has 1 fully saturated rings. The molecule has 28 heavy (non-hydrogen) atoms. The Morgan fingerprint density at radius 2 is 1.86 bits per heavy atom. The first-order valence-electron chi connectivity index (χ1n) is 10.1. The second-order valence-electron chi connectivity index (χ2n) is 7.87. The van der Waals surface area contributed by atoms with Gasteiger partial charge in [-0.2, -0.15) is 0 Å². The van der Waals surface area contributed by atoms with Gasteiger partial charge in [0.1, 0.15) is 0 Å². The van der Waals surface area contributed by atoms with Gasteiger partial charge in [-0.05, 0) is 67.8 Å². The molecule has 0 spiro atoms. The smallest absolute Gasteiger partial charge is 0.222 e. The minimum atomic E-state index is 0.150. The highest BCUT2D eigenvalue weighted by atomic mass is 32.1. The summed E-state index contributed by atoms with van der Waals surface area (Å²) in [6, 6.07) is 12.2. The van der Waals surface area contributed by atoms with Gasteiger partial charge in [-0.1, -0.05) is 30.3 Å². The van der Waals surface area contributed by atoms with E-state index in [4.69, 9.17) is 0 Å². The molecule has 0 atom stereocenters. The molecule has 4 nitrogen and oxygen atoms in total. The number of hydrogen-bond donors (Lipinski definition) is 0. The average Bonchev–Trinajstić information content (AvgIpc) is 3.17. The molecular weight excluding hydrogens is 368 g/mol. The van der Waals surface area contributed by atoms with E-state index in [1.165, 1.54) is 11.1 Å². The van der Waals surface area contributed by atoms with Crippen LogP contribution >= 0.6 is 11.3 Å². The van der Waals surface area contributed by atoms with Gasteiger partial charge in [0.2, 0.25) is 5.91 Å². The molecule has 0 bridgehead atoms. The predicted octanol–water partition coefficient (Wildman–Crippen LogP) is 4.60. The summed E-state index contributed by atoms with van der Waals surface area (Å²) < 4.78 is 0. The van der Waals surface area contributed by atoms with Crippen LogP contribution in [0.25, 0.3) is 0 Å². The van der Waals surface area contributed by atoms with Crippen LogP contribution in [0.2, 0.25) is 0 Å². The number of piperidine rings is 1. The van der Waals surface area contributed by atoms with Crippen molar-refractivity contribution in [2.45, 2.75) is 45.7 Å². The number of nitrogens with zero attached hydrogens (tertiary/aromatic N) is 2. The van der Waals surface area contributed by atoms with E-state index in [9.17, 15) is 9.59 Å². The Morgan fingerprint density at radius 3 is 2.50 bits per heavy atom. The minimum absolute atomic E-state index is 0.150. The van der Waals surface area contributed by atoms with Crippen LogP contribution < -0.4 is 0 Å². The summed E-state index contributed by atoms with van der Waals surface area (Å²) in [5.41, 5.74) is 2.42. The number of benzene rings is 1. The minimum Gasteiger partial charge on any atom is -0.341 e. The average molecular weight is 399 g/mol. The first-order chi connectivity index (χ1) is 13.5. The molecule has 1 aromatic heterocycles. The molecule has 150 valence electrons. The molecule has 0 N–H and O–H groups in total. The Kier molecular flexibility index (Phi) is 7.40. The van der Waals surface area contributed by atoms with Crippen molar-refractivity contribution in [1.82, 2.24) is 9.80 Å². The van der Waals surface area contributed by atoms with E-state index in [-0.39, 0.29) is 11.7 Å². The maximum Gasteiger partial charge on any atom is 0.222 e. The molecular formula is C23H30N2O2S. The van der Waals surface area contributed by atoms with Gasteiger partial charge >= 0.3 is 0 Å². The first kappa shape index (κ1) is 20.7. The summed E-state index contributed by atoms with van der Waals surface area (Å²) in [5.74, 6) is 1.03. The van der Waals surface area contributed by atoms with Crippen molar-refractivity contribution in [1.29, 1.82) is 0 Å². The topological polar surface area (TPSA) is 40.6 Å². The highest BCUT2D eigenvalue weighted by Gasteiger charge is 2.21. The number of likely N-dealkylation sites (tertiary alicyclic amines) is 1. The van der Waals surface area contributed by atoms with Crippen molar-refractivity contribution in [2.75, 3.05) is 20.1 Å². The van der Waals surface area contributed by atoms with Crippen LogP contribution in [0.15, 0.2) is 41.8 Å². The molecule has 1 amide bonds. The molecule has 3 rings (SSSR count). The molecule has 0 radical (unpaired) electrons. The van der Waals surface area contributed by atoms with Crippen molar-refractivity contribution in [3.05, 3.63) is 57.8 Å². The number of rotatable bonds is 8. The Hall–Kier alpha value is -1.98. The van der Waals surface area contributed by atoms with Crippen LogP contribution in [0.1, 0.15) is 53.4 Å². The Morgan fingerprint density at radius 1 is 1.14 bits per heavy atom. The molecule has 1 aliphatic heterocycles. The lowest BCUT2D eigenvalue weighted by Crippen LogP contribution is -2.34. The zero-order valence-corrected chi connectivity index (χ0v) is 17.7. The van der Waals surface area contributed by atoms with Crippen LogP contribution in [0.5, 0.6) is 0 Å². The molecule has 0 unspecified atom stereocenters. The fourth-order valence-electron chi connectivity index (χ4n) is 3.80. The lowest BCUT2D eigenvalue weighted by atomic mass is 9.92. The van der Waals surface area contributed by atoms with E-state index in [1.807, 2.05) is 36.2 Å². The Bertz CT molecular complexity index is 779. The second kappa shape index (κ2) is 9.99. The van der Waals surface area contributed by atoms with Gasteiger partial charge in [-0.15, -0.1) is 11.3 Å². The van der Waals surface area contributed by atoms with Crippen LogP contribution in [-0.4, -0.2) is 41.6 Å².